The van der Waals surface area contributed by atoms with Crippen LogP contribution < -0.4 is 0 Å². The number of amides is 3. The molecular formula is C25H26N2O6. The van der Waals surface area contributed by atoms with E-state index < -0.39 is 18.0 Å². The number of imide groups is 1. The largest absolute Gasteiger partial charge is 0.444 e. The zero-order valence-corrected chi connectivity index (χ0v) is 18.5. The van der Waals surface area contributed by atoms with Crippen LogP contribution in [-0.2, 0) is 14.3 Å². The zero-order valence-electron chi connectivity index (χ0n) is 18.5. The molecule has 2 aliphatic rings. The first-order valence-electron chi connectivity index (χ1n) is 11.1. The molecule has 0 aliphatic carbocycles. The van der Waals surface area contributed by atoms with E-state index in [1.165, 1.54) is 23.1 Å². The van der Waals surface area contributed by atoms with Gasteiger partial charge >= 0.3 is 5.97 Å². The minimum absolute atomic E-state index is 0.114. The molecule has 2 aromatic carbocycles. The predicted octanol–water partition coefficient (Wildman–Crippen LogP) is 2.84. The summed E-state index contributed by atoms with van der Waals surface area (Å²) in [5.41, 5.74) is 1.13. The van der Waals surface area contributed by atoms with Crippen molar-refractivity contribution in [3.63, 3.8) is 0 Å². The smallest absolute Gasteiger partial charge is 0.339 e. The number of ether oxygens (including phenoxy) is 2. The Hall–Kier alpha value is -3.52. The van der Waals surface area contributed by atoms with Crippen LogP contribution in [0, 0.1) is 0 Å². The van der Waals surface area contributed by atoms with E-state index in [4.69, 9.17) is 9.47 Å². The van der Waals surface area contributed by atoms with Crippen LogP contribution in [0.4, 0.5) is 0 Å². The number of nitrogens with zero attached hydrogens (tertiary/aromatic N) is 2. The molecule has 2 aromatic rings. The van der Waals surface area contributed by atoms with Gasteiger partial charge in [-0.3, -0.25) is 19.3 Å². The molecular weight excluding hydrogens is 424 g/mol. The Bertz CT molecular complexity index is 1060. The number of carbonyl (C=O) groups excluding carboxylic acids is 4. The van der Waals surface area contributed by atoms with Crippen LogP contribution in [0.25, 0.3) is 0 Å². The first-order chi connectivity index (χ1) is 16.0. The number of esters is 1. The molecule has 2 heterocycles. The third kappa shape index (κ3) is 4.66. The van der Waals surface area contributed by atoms with E-state index in [1.807, 2.05) is 13.0 Å². The fourth-order valence-corrected chi connectivity index (χ4v) is 3.95. The molecule has 8 heteroatoms. The lowest BCUT2D eigenvalue weighted by atomic mass is 10.1. The van der Waals surface area contributed by atoms with Gasteiger partial charge in [-0.1, -0.05) is 43.7 Å². The summed E-state index contributed by atoms with van der Waals surface area (Å²) in [7, 11) is 0. The van der Waals surface area contributed by atoms with Gasteiger partial charge in [-0.2, -0.15) is 0 Å². The summed E-state index contributed by atoms with van der Waals surface area (Å²) in [4.78, 5) is 54.3. The van der Waals surface area contributed by atoms with Crippen molar-refractivity contribution in [2.45, 2.75) is 25.9 Å². The molecule has 0 aromatic heterocycles. The van der Waals surface area contributed by atoms with Crippen molar-refractivity contribution in [1.82, 2.24) is 9.80 Å². The van der Waals surface area contributed by atoms with Crippen LogP contribution in [-0.4, -0.2) is 66.3 Å². The third-order valence-electron chi connectivity index (χ3n) is 5.82. The normalized spacial score (nSPS) is 16.5. The second kappa shape index (κ2) is 9.95. The van der Waals surface area contributed by atoms with Gasteiger partial charge < -0.3 is 14.4 Å². The molecule has 33 heavy (non-hydrogen) atoms. The van der Waals surface area contributed by atoms with Crippen LogP contribution in [0.2, 0.25) is 0 Å². The number of unbranched alkanes of at least 4 members (excludes halogenated alkanes) is 1. The first kappa shape index (κ1) is 22.7. The number of morpholine rings is 1. The van der Waals surface area contributed by atoms with E-state index in [-0.39, 0.29) is 28.5 Å². The number of fused-ring (bicyclic) bond motifs is 1. The van der Waals surface area contributed by atoms with Crippen LogP contribution in [0.15, 0.2) is 48.5 Å². The monoisotopic (exact) mass is 450 g/mol. The van der Waals surface area contributed by atoms with Crippen LogP contribution in [0.5, 0.6) is 0 Å². The van der Waals surface area contributed by atoms with E-state index in [0.717, 1.165) is 6.42 Å². The molecule has 1 atom stereocenters. The number of rotatable bonds is 7. The number of benzene rings is 2. The summed E-state index contributed by atoms with van der Waals surface area (Å²) in [5.74, 6) is -1.83. The maximum atomic E-state index is 13.2. The van der Waals surface area contributed by atoms with Gasteiger partial charge in [0.25, 0.3) is 17.7 Å². The maximum Gasteiger partial charge on any atom is 0.339 e. The molecule has 0 spiro atoms. The highest BCUT2D eigenvalue weighted by Gasteiger charge is 2.36. The molecule has 3 amide bonds. The molecule has 4 rings (SSSR count). The highest BCUT2D eigenvalue weighted by atomic mass is 16.5. The Labute approximate surface area is 192 Å². The summed E-state index contributed by atoms with van der Waals surface area (Å²) in [6.07, 6.45) is 0.439. The second-order valence-electron chi connectivity index (χ2n) is 8.01. The molecule has 2 aliphatic heterocycles. The summed E-state index contributed by atoms with van der Waals surface area (Å²) in [6.45, 7) is 4.01. The SMILES string of the molecule is CCCCN1C(=O)c2ccc(C(=O)OC(C(=O)N3CCOCC3)c3ccccc3)cc2C1=O. The fourth-order valence-electron chi connectivity index (χ4n) is 3.95. The van der Waals surface area contributed by atoms with E-state index in [0.29, 0.717) is 44.8 Å². The van der Waals surface area contributed by atoms with E-state index in [9.17, 15) is 19.2 Å². The van der Waals surface area contributed by atoms with E-state index >= 15 is 0 Å². The molecule has 8 nitrogen and oxygen atoms in total. The number of carbonyl (C=O) groups is 4. The lowest BCUT2D eigenvalue weighted by Crippen LogP contribution is -2.44. The Morgan fingerprint density at radius 3 is 2.39 bits per heavy atom. The third-order valence-corrected chi connectivity index (χ3v) is 5.82. The predicted molar refractivity (Wildman–Crippen MR) is 119 cm³/mol. The maximum absolute atomic E-state index is 13.2. The van der Waals surface area contributed by atoms with Gasteiger partial charge in [0.15, 0.2) is 0 Å². The standard InChI is InChI=1S/C25H26N2O6/c1-2-3-11-27-22(28)19-10-9-18(16-20(19)23(27)29)25(31)33-21(17-7-5-4-6-8-17)24(30)26-12-14-32-15-13-26/h4-10,16,21H,2-3,11-15H2,1H3. The minimum atomic E-state index is -1.12. The lowest BCUT2D eigenvalue weighted by molar-refractivity contribution is -0.145. The van der Waals surface area contributed by atoms with Gasteiger partial charge in [-0.25, -0.2) is 4.79 Å². The quantitative estimate of drug-likeness (QED) is 0.476. The summed E-state index contributed by atoms with van der Waals surface area (Å²) in [6, 6.07) is 13.1. The van der Waals surface area contributed by atoms with Crippen LogP contribution >= 0.6 is 0 Å². The van der Waals surface area contributed by atoms with Gasteiger partial charge in [0.05, 0.1) is 29.9 Å². The molecule has 0 bridgehead atoms. The highest BCUT2D eigenvalue weighted by Crippen LogP contribution is 2.27. The van der Waals surface area contributed by atoms with Gasteiger partial charge in [0, 0.05) is 25.2 Å². The van der Waals surface area contributed by atoms with Gasteiger partial charge in [-0.05, 0) is 24.6 Å². The molecule has 0 saturated carbocycles. The number of hydrogen-bond acceptors (Lipinski definition) is 6. The zero-order chi connectivity index (χ0) is 23.4. The van der Waals surface area contributed by atoms with Crippen molar-refractivity contribution in [2.75, 3.05) is 32.8 Å². The summed E-state index contributed by atoms with van der Waals surface area (Å²) >= 11 is 0. The van der Waals surface area contributed by atoms with Crippen LogP contribution in [0.3, 0.4) is 0 Å². The fraction of sp³-hybridized carbons (Fsp3) is 0.360. The van der Waals surface area contributed by atoms with Crippen molar-refractivity contribution in [3.05, 3.63) is 70.8 Å². The summed E-state index contributed by atoms with van der Waals surface area (Å²) < 4.78 is 11.0. The Kier molecular flexibility index (Phi) is 6.84. The average molecular weight is 450 g/mol. The topological polar surface area (TPSA) is 93.2 Å². The molecule has 172 valence electrons. The van der Waals surface area contributed by atoms with Gasteiger partial charge in [0.2, 0.25) is 6.10 Å². The van der Waals surface area contributed by atoms with E-state index in [2.05, 4.69) is 0 Å². The average Bonchev–Trinajstić information content (AvgIpc) is 3.10. The van der Waals surface area contributed by atoms with Gasteiger partial charge in [0.1, 0.15) is 0 Å². The second-order valence-corrected chi connectivity index (χ2v) is 8.01. The van der Waals surface area contributed by atoms with Gasteiger partial charge in [-0.15, -0.1) is 0 Å². The Morgan fingerprint density at radius 1 is 1.00 bits per heavy atom. The molecule has 1 fully saturated rings. The minimum Gasteiger partial charge on any atom is -0.444 e. The van der Waals surface area contributed by atoms with Crippen molar-refractivity contribution in [3.8, 4) is 0 Å². The van der Waals surface area contributed by atoms with Crippen molar-refractivity contribution >= 4 is 23.7 Å². The highest BCUT2D eigenvalue weighted by molar-refractivity contribution is 6.22. The van der Waals surface area contributed by atoms with Crippen molar-refractivity contribution < 1.29 is 28.7 Å². The molecule has 0 radical (unpaired) electrons. The molecule has 1 saturated heterocycles. The lowest BCUT2D eigenvalue weighted by Gasteiger charge is -2.30. The van der Waals surface area contributed by atoms with Crippen LogP contribution in [0.1, 0.15) is 62.5 Å². The number of hydrogen-bond donors (Lipinski definition) is 0. The molecule has 1 unspecified atom stereocenters. The Morgan fingerprint density at radius 2 is 1.70 bits per heavy atom. The molecule has 0 N–H and O–H groups in total. The van der Waals surface area contributed by atoms with E-state index in [1.54, 1.807) is 29.2 Å². The van der Waals surface area contributed by atoms with Crippen molar-refractivity contribution in [2.24, 2.45) is 0 Å². The van der Waals surface area contributed by atoms with Crippen molar-refractivity contribution in [1.29, 1.82) is 0 Å². The Balaban J connectivity index is 1.57. The summed E-state index contributed by atoms with van der Waals surface area (Å²) in [5, 5.41) is 0. The first-order valence-corrected chi connectivity index (χ1v) is 11.1.